The molecule has 0 aromatic heterocycles. The molecular weight excluding hydrogens is 272 g/mol. The minimum Gasteiger partial charge on any atom is -0.374 e. The molecule has 0 fully saturated rings. The van der Waals surface area contributed by atoms with E-state index in [-0.39, 0.29) is 0 Å². The molecule has 128 valence electrons. The third-order valence-corrected chi connectivity index (χ3v) is 4.34. The second kappa shape index (κ2) is 12.7. The van der Waals surface area contributed by atoms with E-state index in [2.05, 4.69) is 24.1 Å². The van der Waals surface area contributed by atoms with Crippen molar-refractivity contribution in [3.63, 3.8) is 0 Å². The second-order valence-corrected chi connectivity index (χ2v) is 6.40. The van der Waals surface area contributed by atoms with Crippen molar-refractivity contribution in [2.75, 3.05) is 13.1 Å². The lowest BCUT2D eigenvalue weighted by molar-refractivity contribution is 0.0767. The van der Waals surface area contributed by atoms with Crippen molar-refractivity contribution < 1.29 is 5.11 Å². The number of unbranched alkanes of at least 4 members (excludes halogenated alkanes) is 8. The minimum atomic E-state index is -0.400. The second-order valence-electron chi connectivity index (χ2n) is 6.40. The molecule has 1 aliphatic heterocycles. The lowest BCUT2D eigenvalue weighted by Gasteiger charge is -2.23. The zero-order valence-corrected chi connectivity index (χ0v) is 14.8. The first-order valence-corrected chi connectivity index (χ1v) is 9.38. The number of hydrogen-bond donors (Lipinski definition) is 1. The SMILES string of the molecule is CCCCCCCCCC/C=C/CCC1=NCCN1C(C)O. The highest BCUT2D eigenvalue weighted by atomic mass is 16.3. The number of aliphatic hydroxyl groups is 1. The molecule has 1 N–H and O–H groups in total. The third kappa shape index (κ3) is 8.57. The standard InChI is InChI=1S/C19H36N2O/c1-3-4-5-6-7-8-9-10-11-12-13-14-15-19-20-16-17-21(19)18(2)22/h12-13,18,22H,3-11,14-17H2,1-2H3/b13-12+. The van der Waals surface area contributed by atoms with Crippen molar-refractivity contribution in [1.82, 2.24) is 4.90 Å². The van der Waals surface area contributed by atoms with E-state index in [9.17, 15) is 5.11 Å². The molecule has 0 saturated carbocycles. The Balaban J connectivity index is 1.92. The Morgan fingerprint density at radius 3 is 2.36 bits per heavy atom. The number of amidine groups is 1. The van der Waals surface area contributed by atoms with E-state index in [1.54, 1.807) is 0 Å². The summed E-state index contributed by atoms with van der Waals surface area (Å²) in [4.78, 5) is 6.48. The smallest absolute Gasteiger partial charge is 0.125 e. The largest absolute Gasteiger partial charge is 0.374 e. The number of allylic oxidation sites excluding steroid dienone is 2. The minimum absolute atomic E-state index is 0.400. The average Bonchev–Trinajstić information content (AvgIpc) is 2.97. The molecule has 3 heteroatoms. The first-order valence-electron chi connectivity index (χ1n) is 9.38. The van der Waals surface area contributed by atoms with Crippen molar-refractivity contribution >= 4 is 5.84 Å². The van der Waals surface area contributed by atoms with Crippen LogP contribution in [0.1, 0.15) is 84.5 Å². The van der Waals surface area contributed by atoms with E-state index < -0.39 is 6.23 Å². The van der Waals surface area contributed by atoms with Crippen LogP contribution in [0.4, 0.5) is 0 Å². The number of aliphatic imine (C=N–C) groups is 1. The van der Waals surface area contributed by atoms with Gasteiger partial charge in [-0.15, -0.1) is 0 Å². The van der Waals surface area contributed by atoms with Crippen molar-refractivity contribution in [3.8, 4) is 0 Å². The van der Waals surface area contributed by atoms with Gasteiger partial charge in [0.25, 0.3) is 0 Å². The van der Waals surface area contributed by atoms with E-state index >= 15 is 0 Å². The van der Waals surface area contributed by atoms with Gasteiger partial charge in [-0.05, 0) is 26.2 Å². The summed E-state index contributed by atoms with van der Waals surface area (Å²) in [7, 11) is 0. The Morgan fingerprint density at radius 2 is 1.68 bits per heavy atom. The molecule has 1 atom stereocenters. The summed E-state index contributed by atoms with van der Waals surface area (Å²) in [5.74, 6) is 1.08. The van der Waals surface area contributed by atoms with Gasteiger partial charge in [0.2, 0.25) is 0 Å². The maximum absolute atomic E-state index is 9.64. The Bertz CT molecular complexity index is 323. The molecule has 1 rings (SSSR count). The maximum atomic E-state index is 9.64. The molecule has 0 aromatic carbocycles. The van der Waals surface area contributed by atoms with E-state index in [4.69, 9.17) is 0 Å². The normalized spacial score (nSPS) is 16.5. The van der Waals surface area contributed by atoms with Gasteiger partial charge in [-0.3, -0.25) is 4.99 Å². The average molecular weight is 309 g/mol. The van der Waals surface area contributed by atoms with Crippen molar-refractivity contribution in [3.05, 3.63) is 12.2 Å². The Morgan fingerprint density at radius 1 is 1.05 bits per heavy atom. The summed E-state index contributed by atoms with van der Waals surface area (Å²) in [6.07, 6.45) is 18.5. The summed E-state index contributed by atoms with van der Waals surface area (Å²) >= 11 is 0. The summed E-state index contributed by atoms with van der Waals surface area (Å²) in [6, 6.07) is 0. The van der Waals surface area contributed by atoms with Crippen LogP contribution >= 0.6 is 0 Å². The lowest BCUT2D eigenvalue weighted by Crippen LogP contribution is -2.35. The van der Waals surface area contributed by atoms with Gasteiger partial charge < -0.3 is 10.0 Å². The monoisotopic (exact) mass is 308 g/mol. The van der Waals surface area contributed by atoms with Gasteiger partial charge in [0.1, 0.15) is 12.1 Å². The fourth-order valence-corrected chi connectivity index (χ4v) is 2.98. The van der Waals surface area contributed by atoms with Crippen LogP contribution in [-0.4, -0.2) is 35.2 Å². The molecule has 3 nitrogen and oxygen atoms in total. The molecule has 0 saturated heterocycles. The van der Waals surface area contributed by atoms with Crippen molar-refractivity contribution in [2.24, 2.45) is 4.99 Å². The first kappa shape index (κ1) is 19.2. The number of hydrogen-bond acceptors (Lipinski definition) is 3. The molecule has 1 unspecified atom stereocenters. The Kier molecular flexibility index (Phi) is 11.1. The molecular formula is C19H36N2O. The molecule has 0 spiro atoms. The highest BCUT2D eigenvalue weighted by Crippen LogP contribution is 2.12. The highest BCUT2D eigenvalue weighted by molar-refractivity contribution is 5.84. The van der Waals surface area contributed by atoms with E-state index in [1.807, 2.05) is 11.8 Å². The lowest BCUT2D eigenvalue weighted by atomic mass is 10.1. The van der Waals surface area contributed by atoms with Crippen LogP contribution in [0.3, 0.4) is 0 Å². The molecule has 0 amide bonds. The number of aliphatic hydroxyl groups excluding tert-OH is 1. The van der Waals surface area contributed by atoms with Crippen LogP contribution in [-0.2, 0) is 0 Å². The summed E-state index contributed by atoms with van der Waals surface area (Å²) < 4.78 is 0. The molecule has 1 heterocycles. The van der Waals surface area contributed by atoms with Crippen molar-refractivity contribution in [1.29, 1.82) is 0 Å². The summed E-state index contributed by atoms with van der Waals surface area (Å²) in [5, 5.41) is 9.64. The fourth-order valence-electron chi connectivity index (χ4n) is 2.98. The molecule has 0 aliphatic carbocycles. The molecule has 0 aromatic rings. The van der Waals surface area contributed by atoms with Crippen LogP contribution in [0.2, 0.25) is 0 Å². The fraction of sp³-hybridized carbons (Fsp3) is 0.842. The Labute approximate surface area is 137 Å². The van der Waals surface area contributed by atoms with Crippen LogP contribution in [0, 0.1) is 0 Å². The highest BCUT2D eigenvalue weighted by Gasteiger charge is 2.19. The predicted molar refractivity (Wildman–Crippen MR) is 96.3 cm³/mol. The predicted octanol–water partition coefficient (Wildman–Crippen LogP) is 4.91. The van der Waals surface area contributed by atoms with Crippen LogP contribution in [0.25, 0.3) is 0 Å². The zero-order chi connectivity index (χ0) is 16.0. The molecule has 1 aliphatic rings. The van der Waals surface area contributed by atoms with Gasteiger partial charge in [0.15, 0.2) is 0 Å². The quantitative estimate of drug-likeness (QED) is 0.388. The van der Waals surface area contributed by atoms with Crippen LogP contribution in [0.15, 0.2) is 17.1 Å². The van der Waals surface area contributed by atoms with E-state index in [0.717, 1.165) is 31.8 Å². The number of rotatable bonds is 13. The van der Waals surface area contributed by atoms with Crippen LogP contribution in [0.5, 0.6) is 0 Å². The molecule has 22 heavy (non-hydrogen) atoms. The van der Waals surface area contributed by atoms with Gasteiger partial charge in [0.05, 0.1) is 6.54 Å². The zero-order valence-electron chi connectivity index (χ0n) is 14.8. The number of nitrogens with zero attached hydrogens (tertiary/aromatic N) is 2. The van der Waals surface area contributed by atoms with Crippen LogP contribution < -0.4 is 0 Å². The van der Waals surface area contributed by atoms with E-state index in [0.29, 0.717) is 0 Å². The van der Waals surface area contributed by atoms with Gasteiger partial charge in [-0.2, -0.15) is 0 Å². The van der Waals surface area contributed by atoms with Gasteiger partial charge >= 0.3 is 0 Å². The third-order valence-electron chi connectivity index (χ3n) is 4.34. The summed E-state index contributed by atoms with van der Waals surface area (Å²) in [5.41, 5.74) is 0. The Hall–Kier alpha value is -0.830. The van der Waals surface area contributed by atoms with Crippen molar-refractivity contribution in [2.45, 2.75) is 90.7 Å². The molecule has 0 radical (unpaired) electrons. The van der Waals surface area contributed by atoms with Gasteiger partial charge in [-0.1, -0.05) is 64.0 Å². The van der Waals surface area contributed by atoms with Gasteiger partial charge in [-0.25, -0.2) is 0 Å². The summed E-state index contributed by atoms with van der Waals surface area (Å²) in [6.45, 7) is 5.80. The topological polar surface area (TPSA) is 35.8 Å². The molecule has 0 bridgehead atoms. The van der Waals surface area contributed by atoms with E-state index in [1.165, 1.54) is 57.8 Å². The maximum Gasteiger partial charge on any atom is 0.125 e. The van der Waals surface area contributed by atoms with Gasteiger partial charge in [0, 0.05) is 13.0 Å². The first-order chi connectivity index (χ1) is 10.8.